The van der Waals surface area contributed by atoms with Crippen molar-refractivity contribution in [3.8, 4) is 18.2 Å². The molecule has 0 saturated carbocycles. The zero-order valence-corrected chi connectivity index (χ0v) is 19.3. The fourth-order valence-electron chi connectivity index (χ4n) is 2.29. The molecule has 170 valence electrons. The Bertz CT molecular complexity index is 1030. The Hall–Kier alpha value is -3.92. The molecule has 2 aromatic heterocycles. The van der Waals surface area contributed by atoms with E-state index in [1.54, 1.807) is 13.8 Å². The van der Waals surface area contributed by atoms with Gasteiger partial charge >= 0.3 is 0 Å². The maximum absolute atomic E-state index is 10.0. The Kier molecular flexibility index (Phi) is 13.1. The predicted octanol–water partition coefficient (Wildman–Crippen LogP) is 2.83. The molecule has 0 aliphatic heterocycles. The summed E-state index contributed by atoms with van der Waals surface area (Å²) in [4.78, 5) is 14.7. The minimum atomic E-state index is -0.0756. The van der Waals surface area contributed by atoms with Crippen molar-refractivity contribution in [2.24, 2.45) is 5.18 Å². The summed E-state index contributed by atoms with van der Waals surface area (Å²) in [5.74, 6) is 0.741. The first-order valence-electron chi connectivity index (χ1n) is 9.63. The van der Waals surface area contributed by atoms with Crippen molar-refractivity contribution in [2.75, 3.05) is 48.3 Å². The van der Waals surface area contributed by atoms with E-state index in [-0.39, 0.29) is 19.7 Å². The summed E-state index contributed by atoms with van der Waals surface area (Å²) in [6.07, 6.45) is 0. The van der Waals surface area contributed by atoms with Crippen LogP contribution in [0, 0.1) is 52.7 Å². The average Bonchev–Trinajstić information content (AvgIpc) is 3.09. The lowest BCUT2D eigenvalue weighted by Crippen LogP contribution is -2.14. The number of hydrogen-bond donors (Lipinski definition) is 5. The molecule has 2 aromatic rings. The van der Waals surface area contributed by atoms with E-state index in [1.165, 1.54) is 0 Å². The first kappa shape index (κ1) is 28.1. The molecular weight excluding hydrogens is 430 g/mol. The van der Waals surface area contributed by atoms with E-state index in [0.717, 1.165) is 11.3 Å². The van der Waals surface area contributed by atoms with E-state index in [9.17, 15) is 4.91 Å². The lowest BCUT2D eigenvalue weighted by Gasteiger charge is -2.14. The van der Waals surface area contributed by atoms with Gasteiger partial charge in [0.1, 0.15) is 33.9 Å². The topological polar surface area (TPSA) is 210 Å². The van der Waals surface area contributed by atoms with Gasteiger partial charge in [0.2, 0.25) is 0 Å². The molecule has 0 amide bonds. The van der Waals surface area contributed by atoms with E-state index in [2.05, 4.69) is 20.8 Å². The molecule has 32 heavy (non-hydrogen) atoms. The second-order valence-corrected chi connectivity index (χ2v) is 6.84. The molecule has 0 radical (unpaired) electrons. The molecule has 2 rings (SSSR count). The highest BCUT2D eigenvalue weighted by Gasteiger charge is 2.14. The quantitative estimate of drug-likeness (QED) is 0.303. The summed E-state index contributed by atoms with van der Waals surface area (Å²) in [6, 6.07) is 5.96. The Morgan fingerprint density at radius 2 is 1.59 bits per heavy atom. The molecule has 7 N–H and O–H groups in total. The molecule has 2 heterocycles. The smallest absolute Gasteiger partial charge is 0.152 e. The highest BCUT2D eigenvalue weighted by molar-refractivity contribution is 7.16. The zero-order valence-electron chi connectivity index (χ0n) is 18.5. The second kappa shape index (κ2) is 15.0. The Balaban J connectivity index is 0.000000626. The van der Waals surface area contributed by atoms with Gasteiger partial charge in [-0.2, -0.15) is 20.7 Å². The molecule has 0 aliphatic carbocycles. The third-order valence-electron chi connectivity index (χ3n) is 3.89. The molecule has 0 fully saturated rings. The van der Waals surface area contributed by atoms with Gasteiger partial charge in [0.25, 0.3) is 0 Å². The number of nitrogens with zero attached hydrogens (tertiary/aromatic N) is 5. The van der Waals surface area contributed by atoms with E-state index < -0.39 is 0 Å². The summed E-state index contributed by atoms with van der Waals surface area (Å²) in [5.41, 5.74) is 13.8. The van der Waals surface area contributed by atoms with Crippen LogP contribution < -0.4 is 22.1 Å². The van der Waals surface area contributed by atoms with Gasteiger partial charge in [-0.15, -0.1) is 11.3 Å². The first-order chi connectivity index (χ1) is 15.4. The van der Waals surface area contributed by atoms with Crippen LogP contribution in [0.2, 0.25) is 0 Å². The molecule has 12 heteroatoms. The summed E-state index contributed by atoms with van der Waals surface area (Å²) >= 11 is 1.16. The van der Waals surface area contributed by atoms with Gasteiger partial charge in [0.05, 0.1) is 30.0 Å². The molecule has 0 bridgehead atoms. The van der Waals surface area contributed by atoms with E-state index in [1.807, 2.05) is 32.1 Å². The number of anilines is 4. The number of rotatable bonds is 7. The number of pyridine rings is 1. The van der Waals surface area contributed by atoms with Crippen molar-refractivity contribution in [1.29, 1.82) is 15.8 Å². The number of aliphatic hydroxyl groups excluding tert-OH is 1. The largest absolute Gasteiger partial charge is 0.395 e. The summed E-state index contributed by atoms with van der Waals surface area (Å²) in [6.45, 7) is 8.05. The summed E-state index contributed by atoms with van der Waals surface area (Å²) < 4.78 is 0. The highest BCUT2D eigenvalue weighted by Crippen LogP contribution is 2.29. The van der Waals surface area contributed by atoms with Crippen LogP contribution >= 0.6 is 11.3 Å². The minimum Gasteiger partial charge on any atom is -0.395 e. The Morgan fingerprint density at radius 1 is 1.00 bits per heavy atom. The van der Waals surface area contributed by atoms with Crippen molar-refractivity contribution in [3.63, 3.8) is 0 Å². The monoisotopic (exact) mass is 457 g/mol. The molecule has 0 spiro atoms. The standard InChI is InChI=1S/C11H16N6O2.C7H5N3S.C2H6/c1-7-8(6-12)10(15-4-5-18)17-11(9(7)13)14-2-3-16-19;1-4-5(2-8)7(10)11-6(4)3-9;1-2/h18H,2-5,13H2,1H3,(H2,14,15,17);10H2,1H3;1-2H3. The van der Waals surface area contributed by atoms with Gasteiger partial charge < -0.3 is 27.2 Å². The van der Waals surface area contributed by atoms with Crippen molar-refractivity contribution in [2.45, 2.75) is 27.7 Å². The lowest BCUT2D eigenvalue weighted by atomic mass is 10.1. The van der Waals surface area contributed by atoms with Gasteiger partial charge in [-0.05, 0) is 25.0 Å². The van der Waals surface area contributed by atoms with Crippen LogP contribution in [-0.4, -0.2) is 36.3 Å². The third kappa shape index (κ3) is 7.40. The molecule has 0 atom stereocenters. The van der Waals surface area contributed by atoms with Crippen molar-refractivity contribution in [3.05, 3.63) is 32.0 Å². The second-order valence-electron chi connectivity index (χ2n) is 5.78. The van der Waals surface area contributed by atoms with Crippen LogP contribution in [0.5, 0.6) is 0 Å². The fourth-order valence-corrected chi connectivity index (χ4v) is 3.11. The lowest BCUT2D eigenvalue weighted by molar-refractivity contribution is 0.311. The number of thiophene rings is 1. The van der Waals surface area contributed by atoms with Crippen LogP contribution in [0.3, 0.4) is 0 Å². The van der Waals surface area contributed by atoms with Crippen molar-refractivity contribution < 1.29 is 5.11 Å². The molecule has 11 nitrogen and oxygen atoms in total. The molecule has 0 unspecified atom stereocenters. The molecule has 0 aromatic carbocycles. The fraction of sp³-hybridized carbons (Fsp3) is 0.400. The van der Waals surface area contributed by atoms with Crippen LogP contribution in [0.1, 0.15) is 41.0 Å². The number of nitriles is 3. The SMILES string of the molecule is CC.Cc1c(C#N)sc(N)c1C#N.Cc1c(N)c(NCCN=O)nc(NCCO)c1C#N. The predicted molar refractivity (Wildman–Crippen MR) is 127 cm³/mol. The normalized spacial score (nSPS) is 8.94. The zero-order chi connectivity index (χ0) is 24.7. The van der Waals surface area contributed by atoms with Crippen LogP contribution in [0.4, 0.5) is 22.3 Å². The van der Waals surface area contributed by atoms with Gasteiger partial charge in [-0.25, -0.2) is 4.98 Å². The van der Waals surface area contributed by atoms with E-state index in [0.29, 0.717) is 56.0 Å². The number of nitrogens with two attached hydrogens (primary N) is 2. The average molecular weight is 458 g/mol. The maximum Gasteiger partial charge on any atom is 0.152 e. The van der Waals surface area contributed by atoms with Crippen molar-refractivity contribution >= 4 is 33.7 Å². The van der Waals surface area contributed by atoms with E-state index >= 15 is 0 Å². The van der Waals surface area contributed by atoms with E-state index in [4.69, 9.17) is 32.4 Å². The first-order valence-corrected chi connectivity index (χ1v) is 10.4. The Morgan fingerprint density at radius 3 is 2.03 bits per heavy atom. The van der Waals surface area contributed by atoms with Crippen LogP contribution in [0.25, 0.3) is 0 Å². The Labute approximate surface area is 191 Å². The van der Waals surface area contributed by atoms with Gasteiger partial charge in [-0.1, -0.05) is 19.0 Å². The number of hydrogen-bond acceptors (Lipinski definition) is 12. The maximum atomic E-state index is 10.0. The summed E-state index contributed by atoms with van der Waals surface area (Å²) in [7, 11) is 0. The van der Waals surface area contributed by atoms with Crippen molar-refractivity contribution in [1.82, 2.24) is 4.98 Å². The highest BCUT2D eigenvalue weighted by atomic mass is 32.1. The molecule has 0 saturated heterocycles. The number of nitroso groups, excluding NO2 is 1. The summed E-state index contributed by atoms with van der Waals surface area (Å²) in [5, 5.41) is 43.9. The van der Waals surface area contributed by atoms with Gasteiger partial charge in [-0.3, -0.25) is 0 Å². The van der Waals surface area contributed by atoms with Gasteiger partial charge in [0, 0.05) is 13.1 Å². The number of aromatic nitrogens is 1. The van der Waals surface area contributed by atoms with Crippen LogP contribution in [-0.2, 0) is 0 Å². The number of nitrogens with one attached hydrogen (secondary N) is 2. The van der Waals surface area contributed by atoms with Gasteiger partial charge in [0.15, 0.2) is 5.82 Å². The number of nitrogen functional groups attached to an aromatic ring is 2. The molecule has 0 aliphatic rings. The number of aliphatic hydroxyl groups is 1. The third-order valence-corrected chi connectivity index (χ3v) is 4.92. The minimum absolute atomic E-state index is 0.0756. The molecular formula is C20H27N9O2S. The van der Waals surface area contributed by atoms with Crippen LogP contribution in [0.15, 0.2) is 5.18 Å².